The van der Waals surface area contributed by atoms with Crippen LogP contribution in [-0.4, -0.2) is 0 Å². The van der Waals surface area contributed by atoms with E-state index >= 15 is 0 Å². The van der Waals surface area contributed by atoms with Gasteiger partial charge in [0.25, 0.3) is 0 Å². The van der Waals surface area contributed by atoms with Crippen LogP contribution in [0.25, 0.3) is 16.7 Å². The maximum atomic E-state index is 4.13. The lowest BCUT2D eigenvalue weighted by atomic mass is 9.65. The molecule has 0 spiro atoms. The van der Waals surface area contributed by atoms with Gasteiger partial charge in [0.05, 0.1) is 5.41 Å². The molecule has 0 saturated heterocycles. The third-order valence-corrected chi connectivity index (χ3v) is 8.63. The zero-order valence-electron chi connectivity index (χ0n) is 26.7. The summed E-state index contributed by atoms with van der Waals surface area (Å²) in [6.07, 6.45) is 27.1. The summed E-state index contributed by atoms with van der Waals surface area (Å²) < 4.78 is 0. The van der Waals surface area contributed by atoms with Crippen molar-refractivity contribution in [1.29, 1.82) is 0 Å². The molecule has 1 atom stereocenters. The van der Waals surface area contributed by atoms with E-state index in [4.69, 9.17) is 0 Å². The second-order valence-corrected chi connectivity index (χ2v) is 11.2. The SMILES string of the molecule is C=C/C=C(\C=C/C)C1(C2=CCCCC=C2)C2=CC(Nc3ccc(-c4ccccc4)cc3C)=CCC=C2c2ccccc21.CC. The molecule has 0 heterocycles. The smallest absolute Gasteiger partial charge is 0.0710 e. The van der Waals surface area contributed by atoms with Gasteiger partial charge in [-0.2, -0.15) is 0 Å². The van der Waals surface area contributed by atoms with Crippen LogP contribution in [-0.2, 0) is 5.41 Å². The molecule has 3 aromatic carbocycles. The van der Waals surface area contributed by atoms with Crippen LogP contribution in [0, 0.1) is 6.92 Å². The molecule has 1 N–H and O–H groups in total. The summed E-state index contributed by atoms with van der Waals surface area (Å²) in [5.41, 5.74) is 13.4. The number of benzene rings is 3. The minimum Gasteiger partial charge on any atom is -0.356 e. The first-order chi connectivity index (χ1) is 21.7. The normalized spacial score (nSPS) is 19.2. The topological polar surface area (TPSA) is 12.0 Å². The molecule has 0 aromatic heterocycles. The van der Waals surface area contributed by atoms with Crippen LogP contribution < -0.4 is 5.32 Å². The highest BCUT2D eigenvalue weighted by atomic mass is 14.9. The first-order valence-corrected chi connectivity index (χ1v) is 16.2. The molecule has 3 aliphatic rings. The Balaban J connectivity index is 0.00000188. The summed E-state index contributed by atoms with van der Waals surface area (Å²) in [7, 11) is 0. The summed E-state index contributed by atoms with van der Waals surface area (Å²) in [6, 6.07) is 26.3. The monoisotopic (exact) mass is 575 g/mol. The molecule has 0 bridgehead atoms. The van der Waals surface area contributed by atoms with Gasteiger partial charge in [-0.1, -0.05) is 136 Å². The Morgan fingerprint density at radius 3 is 2.45 bits per heavy atom. The van der Waals surface area contributed by atoms with Gasteiger partial charge in [-0.25, -0.2) is 0 Å². The van der Waals surface area contributed by atoms with E-state index < -0.39 is 5.41 Å². The van der Waals surface area contributed by atoms with Crippen LogP contribution in [0.5, 0.6) is 0 Å². The molecule has 222 valence electrons. The highest BCUT2D eigenvalue weighted by molar-refractivity contribution is 5.96. The summed E-state index contributed by atoms with van der Waals surface area (Å²) in [5.74, 6) is 0. The molecular formula is C43H45N. The zero-order chi connectivity index (χ0) is 30.9. The van der Waals surface area contributed by atoms with Gasteiger partial charge in [0.2, 0.25) is 0 Å². The highest BCUT2D eigenvalue weighted by Gasteiger charge is 2.49. The average Bonchev–Trinajstić information content (AvgIpc) is 3.31. The largest absolute Gasteiger partial charge is 0.356 e. The zero-order valence-corrected chi connectivity index (χ0v) is 26.7. The van der Waals surface area contributed by atoms with Gasteiger partial charge >= 0.3 is 0 Å². The Morgan fingerprint density at radius 1 is 0.886 bits per heavy atom. The van der Waals surface area contributed by atoms with E-state index in [1.54, 1.807) is 0 Å². The Morgan fingerprint density at radius 2 is 1.68 bits per heavy atom. The molecule has 0 radical (unpaired) electrons. The molecule has 0 amide bonds. The van der Waals surface area contributed by atoms with Crippen molar-refractivity contribution in [3.8, 4) is 11.1 Å². The molecule has 3 aliphatic carbocycles. The molecule has 6 rings (SSSR count). The Bertz CT molecular complexity index is 1720. The number of hydrogen-bond donors (Lipinski definition) is 1. The summed E-state index contributed by atoms with van der Waals surface area (Å²) >= 11 is 0. The lowest BCUT2D eigenvalue weighted by Crippen LogP contribution is -2.30. The molecule has 1 nitrogen and oxygen atoms in total. The van der Waals surface area contributed by atoms with Crippen molar-refractivity contribution in [3.05, 3.63) is 179 Å². The number of nitrogens with one attached hydrogen (secondary N) is 1. The summed E-state index contributed by atoms with van der Waals surface area (Å²) in [6.45, 7) is 12.4. The number of fused-ring (bicyclic) bond motifs is 3. The Labute approximate surface area is 265 Å². The lowest BCUT2D eigenvalue weighted by Gasteiger charge is -2.36. The van der Waals surface area contributed by atoms with Gasteiger partial charge in [-0.3, -0.25) is 0 Å². The molecule has 0 saturated carbocycles. The standard InChI is InChI=1S/C41H39N.C2H6/c1-4-16-33(17-5-2)41(34-20-11-6-7-12-21-34)38-25-14-13-23-36(38)37-24-15-22-35(29-39(37)41)42-40-27-26-32(28-30(40)3)31-18-9-8-10-19-31;1-2/h4-5,8-11,13-14,16-29,42H,1,6-7,12,15H2,2-3H3;1-2H3/b17-5-,33-16+;. The second kappa shape index (κ2) is 14.2. The Kier molecular flexibility index (Phi) is 9.97. The van der Waals surface area contributed by atoms with E-state index in [1.165, 1.54) is 56.5 Å². The van der Waals surface area contributed by atoms with Gasteiger partial charge in [0.1, 0.15) is 0 Å². The van der Waals surface area contributed by atoms with Gasteiger partial charge < -0.3 is 5.32 Å². The number of anilines is 1. The average molecular weight is 576 g/mol. The highest BCUT2D eigenvalue weighted by Crippen LogP contribution is 2.59. The molecule has 0 aliphatic heterocycles. The molecule has 1 unspecified atom stereocenters. The fraction of sp³-hybridized carbons (Fsp3) is 0.209. The predicted molar refractivity (Wildman–Crippen MR) is 193 cm³/mol. The van der Waals surface area contributed by atoms with Crippen LogP contribution in [0.3, 0.4) is 0 Å². The summed E-state index contributed by atoms with van der Waals surface area (Å²) in [4.78, 5) is 0. The Hall–Kier alpha value is -4.62. The maximum absolute atomic E-state index is 4.13. The minimum absolute atomic E-state index is 0.429. The molecule has 0 fully saturated rings. The van der Waals surface area contributed by atoms with Gasteiger partial charge in [0, 0.05) is 11.4 Å². The van der Waals surface area contributed by atoms with E-state index in [2.05, 4.69) is 153 Å². The fourth-order valence-corrected chi connectivity index (χ4v) is 6.77. The third-order valence-electron chi connectivity index (χ3n) is 8.63. The van der Waals surface area contributed by atoms with Gasteiger partial charge in [-0.15, -0.1) is 0 Å². The van der Waals surface area contributed by atoms with E-state index in [0.717, 1.165) is 30.6 Å². The van der Waals surface area contributed by atoms with E-state index in [9.17, 15) is 0 Å². The van der Waals surface area contributed by atoms with Crippen molar-refractivity contribution in [3.63, 3.8) is 0 Å². The van der Waals surface area contributed by atoms with Crippen LogP contribution >= 0.6 is 0 Å². The molecule has 1 heteroatoms. The van der Waals surface area contributed by atoms with Crippen molar-refractivity contribution in [2.45, 2.75) is 58.8 Å². The minimum atomic E-state index is -0.429. The van der Waals surface area contributed by atoms with Crippen molar-refractivity contribution in [1.82, 2.24) is 0 Å². The fourth-order valence-electron chi connectivity index (χ4n) is 6.77. The number of hydrogen-bond acceptors (Lipinski definition) is 1. The lowest BCUT2D eigenvalue weighted by molar-refractivity contribution is 0.758. The summed E-state index contributed by atoms with van der Waals surface area (Å²) in [5, 5.41) is 3.82. The third kappa shape index (κ3) is 5.80. The van der Waals surface area contributed by atoms with Crippen LogP contribution in [0.2, 0.25) is 0 Å². The number of aryl methyl sites for hydroxylation is 1. The molecule has 3 aromatic rings. The molecule has 44 heavy (non-hydrogen) atoms. The van der Waals surface area contributed by atoms with E-state index in [0.29, 0.717) is 0 Å². The second-order valence-electron chi connectivity index (χ2n) is 11.2. The van der Waals surface area contributed by atoms with E-state index in [-0.39, 0.29) is 0 Å². The van der Waals surface area contributed by atoms with Crippen molar-refractivity contribution < 1.29 is 0 Å². The van der Waals surface area contributed by atoms with Crippen LogP contribution in [0.15, 0.2) is 163 Å². The van der Waals surface area contributed by atoms with Gasteiger partial charge in [0.15, 0.2) is 0 Å². The first kappa shape index (κ1) is 30.8. The predicted octanol–water partition coefficient (Wildman–Crippen LogP) is 12.0. The quantitative estimate of drug-likeness (QED) is 0.276. The van der Waals surface area contributed by atoms with Crippen molar-refractivity contribution >= 4 is 11.3 Å². The number of rotatable bonds is 7. The maximum Gasteiger partial charge on any atom is 0.0710 e. The van der Waals surface area contributed by atoms with E-state index in [1.807, 2.05) is 19.9 Å². The van der Waals surface area contributed by atoms with Crippen LogP contribution in [0.1, 0.15) is 63.1 Å². The van der Waals surface area contributed by atoms with Crippen molar-refractivity contribution in [2.24, 2.45) is 0 Å². The van der Waals surface area contributed by atoms with Crippen molar-refractivity contribution in [2.75, 3.05) is 5.32 Å². The van der Waals surface area contributed by atoms with Gasteiger partial charge in [-0.05, 0) is 108 Å². The first-order valence-electron chi connectivity index (χ1n) is 16.2. The molecular weight excluding hydrogens is 530 g/mol. The number of allylic oxidation sites excluding steroid dienone is 14. The van der Waals surface area contributed by atoms with Crippen LogP contribution in [0.4, 0.5) is 5.69 Å².